The molecule has 0 saturated heterocycles. The van der Waals surface area contributed by atoms with Gasteiger partial charge in [-0.05, 0) is 18.1 Å². The molecule has 0 unspecified atom stereocenters. The van der Waals surface area contributed by atoms with Crippen molar-refractivity contribution in [3.05, 3.63) is 28.6 Å². The van der Waals surface area contributed by atoms with Gasteiger partial charge in [-0.3, -0.25) is 4.98 Å². The minimum Gasteiger partial charge on any atom is -0.326 e. The minimum absolute atomic E-state index is 0.128. The van der Waals surface area contributed by atoms with Crippen LogP contribution in [0.25, 0.3) is 0 Å². The van der Waals surface area contributed by atoms with Gasteiger partial charge < -0.3 is 5.73 Å². The summed E-state index contributed by atoms with van der Waals surface area (Å²) in [7, 11) is 0. The maximum Gasteiger partial charge on any atom is 0.433 e. The zero-order valence-electron chi connectivity index (χ0n) is 8.28. The van der Waals surface area contributed by atoms with Crippen LogP contribution in [0.2, 0.25) is 0 Å². The average Bonchev–Trinajstić information content (AvgIpc) is 2.15. The summed E-state index contributed by atoms with van der Waals surface area (Å²) in [6.45, 7) is 1.05. The molecule has 1 aromatic rings. The van der Waals surface area contributed by atoms with E-state index in [2.05, 4.69) is 4.98 Å². The van der Waals surface area contributed by atoms with Gasteiger partial charge in [0.15, 0.2) is 5.69 Å². The highest BCUT2D eigenvalue weighted by atomic mass is 19.4. The normalized spacial score (nSPS) is 12.2. The number of nitrogens with zero attached hydrogens (tertiary/aromatic N) is 1. The zero-order chi connectivity index (χ0) is 12.5. The van der Waals surface area contributed by atoms with Crippen molar-refractivity contribution in [2.45, 2.75) is 26.1 Å². The lowest BCUT2D eigenvalue weighted by molar-refractivity contribution is -0.143. The summed E-state index contributed by atoms with van der Waals surface area (Å²) in [6.07, 6.45) is -7.23. The second-order valence-electron chi connectivity index (χ2n) is 3.17. The highest BCUT2D eigenvalue weighted by molar-refractivity contribution is 5.37. The molecule has 0 aliphatic heterocycles. The van der Waals surface area contributed by atoms with Gasteiger partial charge in [0, 0.05) is 12.7 Å². The largest absolute Gasteiger partial charge is 0.433 e. The molecule has 0 aliphatic carbocycles. The predicted molar refractivity (Wildman–Crippen MR) is 46.8 cm³/mol. The van der Waals surface area contributed by atoms with E-state index in [0.717, 1.165) is 6.20 Å². The summed E-state index contributed by atoms with van der Waals surface area (Å²) in [5, 5.41) is 0. The van der Waals surface area contributed by atoms with Gasteiger partial charge in [0.1, 0.15) is 0 Å². The van der Waals surface area contributed by atoms with E-state index in [4.69, 9.17) is 5.73 Å². The van der Waals surface area contributed by atoms with Crippen LogP contribution in [0, 0.1) is 6.92 Å². The number of alkyl halides is 5. The second kappa shape index (κ2) is 4.32. The van der Waals surface area contributed by atoms with Crippen LogP contribution in [-0.2, 0) is 12.7 Å². The van der Waals surface area contributed by atoms with Crippen LogP contribution in [0.1, 0.15) is 28.8 Å². The second-order valence-corrected chi connectivity index (χ2v) is 3.17. The van der Waals surface area contributed by atoms with Gasteiger partial charge in [-0.1, -0.05) is 0 Å². The first-order valence-corrected chi connectivity index (χ1v) is 4.32. The van der Waals surface area contributed by atoms with E-state index in [9.17, 15) is 22.0 Å². The lowest BCUT2D eigenvalue weighted by Gasteiger charge is -2.15. The fourth-order valence-corrected chi connectivity index (χ4v) is 1.36. The zero-order valence-corrected chi connectivity index (χ0v) is 8.28. The summed E-state index contributed by atoms with van der Waals surface area (Å²) in [6, 6.07) is 0. The van der Waals surface area contributed by atoms with Crippen LogP contribution >= 0.6 is 0 Å². The number of pyridine rings is 1. The van der Waals surface area contributed by atoms with E-state index in [0.29, 0.717) is 0 Å². The van der Waals surface area contributed by atoms with Crippen LogP contribution in [0.5, 0.6) is 0 Å². The molecule has 1 heterocycles. The van der Waals surface area contributed by atoms with Gasteiger partial charge in [0.05, 0.1) is 5.56 Å². The fourth-order valence-electron chi connectivity index (χ4n) is 1.36. The predicted octanol–water partition coefficient (Wildman–Crippen LogP) is 2.81. The smallest absolute Gasteiger partial charge is 0.326 e. The Labute approximate surface area is 88.3 Å². The monoisotopic (exact) mass is 240 g/mol. The Hall–Kier alpha value is -1.24. The van der Waals surface area contributed by atoms with E-state index in [1.54, 1.807) is 0 Å². The number of nitrogens with two attached hydrogens (primary N) is 1. The summed E-state index contributed by atoms with van der Waals surface area (Å²) in [4.78, 5) is 3.02. The molecule has 0 aromatic carbocycles. The quantitative estimate of drug-likeness (QED) is 0.807. The number of rotatable bonds is 2. The highest BCUT2D eigenvalue weighted by Crippen LogP contribution is 2.37. The third kappa shape index (κ3) is 2.29. The van der Waals surface area contributed by atoms with Gasteiger partial charge >= 0.3 is 6.18 Å². The van der Waals surface area contributed by atoms with Crippen molar-refractivity contribution in [2.24, 2.45) is 5.73 Å². The molecule has 2 nitrogen and oxygen atoms in total. The van der Waals surface area contributed by atoms with E-state index >= 15 is 0 Å². The van der Waals surface area contributed by atoms with Crippen molar-refractivity contribution < 1.29 is 22.0 Å². The van der Waals surface area contributed by atoms with Crippen molar-refractivity contribution in [2.75, 3.05) is 0 Å². The number of aromatic nitrogens is 1. The molecule has 0 amide bonds. The van der Waals surface area contributed by atoms with Crippen molar-refractivity contribution >= 4 is 0 Å². The van der Waals surface area contributed by atoms with Gasteiger partial charge in [-0.2, -0.15) is 13.2 Å². The van der Waals surface area contributed by atoms with Gasteiger partial charge in [0.25, 0.3) is 6.43 Å². The first-order valence-electron chi connectivity index (χ1n) is 4.32. The summed E-state index contributed by atoms with van der Waals surface area (Å²) in [5.74, 6) is 0. The topological polar surface area (TPSA) is 38.9 Å². The van der Waals surface area contributed by atoms with Crippen molar-refractivity contribution in [1.82, 2.24) is 4.98 Å². The fraction of sp³-hybridized carbons (Fsp3) is 0.444. The van der Waals surface area contributed by atoms with Crippen LogP contribution in [-0.4, -0.2) is 4.98 Å². The molecule has 0 fully saturated rings. The van der Waals surface area contributed by atoms with Crippen molar-refractivity contribution in [3.63, 3.8) is 0 Å². The molecule has 0 atom stereocenters. The van der Waals surface area contributed by atoms with Crippen LogP contribution < -0.4 is 5.73 Å². The Bertz CT molecular complexity index is 386. The number of hydrogen-bond acceptors (Lipinski definition) is 2. The minimum atomic E-state index is -4.89. The first kappa shape index (κ1) is 12.8. The molecular weight excluding hydrogens is 231 g/mol. The lowest BCUT2D eigenvalue weighted by Crippen LogP contribution is -2.16. The van der Waals surface area contributed by atoms with Crippen molar-refractivity contribution in [3.8, 4) is 0 Å². The van der Waals surface area contributed by atoms with E-state index in [1.807, 2.05) is 0 Å². The SMILES string of the molecule is Cc1c(CN)cnc(C(F)(F)F)c1C(F)F. The molecule has 0 bridgehead atoms. The van der Waals surface area contributed by atoms with Crippen LogP contribution in [0.15, 0.2) is 6.20 Å². The van der Waals surface area contributed by atoms with Crippen LogP contribution in [0.3, 0.4) is 0 Å². The third-order valence-electron chi connectivity index (χ3n) is 2.20. The van der Waals surface area contributed by atoms with E-state index in [-0.39, 0.29) is 17.7 Å². The Balaban J connectivity index is 3.47. The number of hydrogen-bond donors (Lipinski definition) is 1. The molecule has 1 aromatic heterocycles. The maximum absolute atomic E-state index is 12.6. The molecule has 0 radical (unpaired) electrons. The average molecular weight is 240 g/mol. The maximum atomic E-state index is 12.6. The highest BCUT2D eigenvalue weighted by Gasteiger charge is 2.38. The van der Waals surface area contributed by atoms with Crippen molar-refractivity contribution in [1.29, 1.82) is 0 Å². The molecule has 16 heavy (non-hydrogen) atoms. The molecule has 0 saturated carbocycles. The number of halogens is 5. The summed E-state index contributed by atoms with van der Waals surface area (Å²) < 4.78 is 62.3. The molecule has 90 valence electrons. The first-order chi connectivity index (χ1) is 7.29. The third-order valence-corrected chi connectivity index (χ3v) is 2.20. The summed E-state index contributed by atoms with van der Waals surface area (Å²) in [5.41, 5.74) is 2.61. The van der Waals surface area contributed by atoms with Gasteiger partial charge in [-0.15, -0.1) is 0 Å². The molecule has 2 N–H and O–H groups in total. The molecular formula is C9H9F5N2. The molecule has 7 heteroatoms. The molecule has 0 aliphatic rings. The Morgan fingerprint density at radius 3 is 2.31 bits per heavy atom. The summed E-state index contributed by atoms with van der Waals surface area (Å²) >= 11 is 0. The van der Waals surface area contributed by atoms with E-state index < -0.39 is 23.9 Å². The van der Waals surface area contributed by atoms with Gasteiger partial charge in [-0.25, -0.2) is 8.78 Å². The Morgan fingerprint density at radius 1 is 1.38 bits per heavy atom. The lowest BCUT2D eigenvalue weighted by atomic mass is 10.0. The molecule has 1 rings (SSSR count). The Morgan fingerprint density at radius 2 is 1.94 bits per heavy atom. The standard InChI is InChI=1S/C9H9F5N2/c1-4-5(2-15)3-16-7(9(12,13)14)6(4)8(10)11/h3,8H,2,15H2,1H3. The van der Waals surface area contributed by atoms with Gasteiger partial charge in [0.2, 0.25) is 0 Å². The molecule has 0 spiro atoms. The van der Waals surface area contributed by atoms with Crippen LogP contribution in [0.4, 0.5) is 22.0 Å². The Kier molecular flexibility index (Phi) is 3.47. The van der Waals surface area contributed by atoms with E-state index in [1.165, 1.54) is 6.92 Å².